The van der Waals surface area contributed by atoms with Crippen LogP contribution in [0.1, 0.15) is 62.1 Å². The number of aryl methyl sites for hydroxylation is 1. The molecule has 0 radical (unpaired) electrons. The number of hydrogen-bond acceptors (Lipinski definition) is 1. The molecule has 2 rings (SSSR count). The van der Waals surface area contributed by atoms with Crippen LogP contribution in [-0.2, 0) is 0 Å². The molecule has 0 amide bonds. The van der Waals surface area contributed by atoms with Gasteiger partial charge in [0, 0.05) is 11.6 Å². The Morgan fingerprint density at radius 1 is 1.11 bits per heavy atom. The van der Waals surface area contributed by atoms with Crippen molar-refractivity contribution >= 4 is 0 Å². The molecular weight excluding hydrogens is 244 g/mol. The van der Waals surface area contributed by atoms with Crippen molar-refractivity contribution < 1.29 is 8.78 Å². The Kier molecular flexibility index (Phi) is 4.92. The predicted octanol–water partition coefficient (Wildman–Crippen LogP) is 4.63. The Morgan fingerprint density at radius 3 is 2.37 bits per heavy atom. The second-order valence-electron chi connectivity index (χ2n) is 5.80. The Labute approximate surface area is 114 Å². The summed E-state index contributed by atoms with van der Waals surface area (Å²) >= 11 is 0. The first-order valence-corrected chi connectivity index (χ1v) is 7.29. The number of benzene rings is 1. The van der Waals surface area contributed by atoms with Gasteiger partial charge in [0.1, 0.15) is 0 Å². The SMILES string of the molecule is Cc1ccc(C(N)CC2CCCCCC2)c(F)c1F. The summed E-state index contributed by atoms with van der Waals surface area (Å²) in [6.07, 6.45) is 8.16. The largest absolute Gasteiger partial charge is 0.324 e. The van der Waals surface area contributed by atoms with Crippen molar-refractivity contribution in [1.29, 1.82) is 0 Å². The fourth-order valence-corrected chi connectivity index (χ4v) is 3.03. The zero-order chi connectivity index (χ0) is 13.8. The van der Waals surface area contributed by atoms with Crippen LogP contribution in [0.3, 0.4) is 0 Å². The monoisotopic (exact) mass is 267 g/mol. The third-order valence-corrected chi connectivity index (χ3v) is 4.27. The lowest BCUT2D eigenvalue weighted by molar-refractivity contribution is 0.383. The highest BCUT2D eigenvalue weighted by Gasteiger charge is 2.21. The van der Waals surface area contributed by atoms with Crippen molar-refractivity contribution in [2.24, 2.45) is 11.7 Å². The summed E-state index contributed by atoms with van der Waals surface area (Å²) in [5.41, 5.74) is 6.75. The van der Waals surface area contributed by atoms with E-state index in [4.69, 9.17) is 5.73 Å². The number of halogens is 2. The molecule has 1 fully saturated rings. The minimum Gasteiger partial charge on any atom is -0.324 e. The first kappa shape index (κ1) is 14.4. The third-order valence-electron chi connectivity index (χ3n) is 4.27. The van der Waals surface area contributed by atoms with E-state index in [1.165, 1.54) is 38.5 Å². The number of hydrogen-bond donors (Lipinski definition) is 1. The minimum absolute atomic E-state index is 0.326. The average Bonchev–Trinajstić information content (AvgIpc) is 2.64. The summed E-state index contributed by atoms with van der Waals surface area (Å²) < 4.78 is 27.5. The normalized spacial score (nSPS) is 19.2. The molecule has 1 nitrogen and oxygen atoms in total. The quantitative estimate of drug-likeness (QED) is 0.794. The Morgan fingerprint density at radius 2 is 1.74 bits per heavy atom. The molecule has 1 aromatic rings. The van der Waals surface area contributed by atoms with Gasteiger partial charge in [-0.1, -0.05) is 50.7 Å². The summed E-state index contributed by atoms with van der Waals surface area (Å²) in [4.78, 5) is 0. The van der Waals surface area contributed by atoms with Crippen LogP contribution < -0.4 is 5.73 Å². The van der Waals surface area contributed by atoms with Gasteiger partial charge >= 0.3 is 0 Å². The van der Waals surface area contributed by atoms with Gasteiger partial charge in [-0.15, -0.1) is 0 Å². The predicted molar refractivity (Wildman–Crippen MR) is 73.8 cm³/mol. The van der Waals surface area contributed by atoms with E-state index in [2.05, 4.69) is 0 Å². The van der Waals surface area contributed by atoms with Crippen molar-refractivity contribution in [2.75, 3.05) is 0 Å². The summed E-state index contributed by atoms with van der Waals surface area (Å²) in [5.74, 6) is -0.962. The van der Waals surface area contributed by atoms with Gasteiger partial charge in [0.25, 0.3) is 0 Å². The molecule has 0 saturated heterocycles. The number of nitrogens with two attached hydrogens (primary N) is 1. The van der Waals surface area contributed by atoms with E-state index in [0.29, 0.717) is 17.0 Å². The molecule has 106 valence electrons. The molecule has 0 bridgehead atoms. The number of rotatable bonds is 3. The molecule has 0 aromatic heterocycles. The van der Waals surface area contributed by atoms with Crippen molar-refractivity contribution in [3.63, 3.8) is 0 Å². The average molecular weight is 267 g/mol. The van der Waals surface area contributed by atoms with Crippen LogP contribution in [0.15, 0.2) is 12.1 Å². The van der Waals surface area contributed by atoms with Gasteiger partial charge in [-0.25, -0.2) is 8.78 Å². The Balaban J connectivity index is 2.06. The first-order valence-electron chi connectivity index (χ1n) is 7.29. The van der Waals surface area contributed by atoms with Gasteiger partial charge in [0.2, 0.25) is 0 Å². The fraction of sp³-hybridized carbons (Fsp3) is 0.625. The van der Waals surface area contributed by atoms with Crippen LogP contribution in [0.25, 0.3) is 0 Å². The second kappa shape index (κ2) is 6.47. The van der Waals surface area contributed by atoms with Gasteiger partial charge in [-0.3, -0.25) is 0 Å². The summed E-state index contributed by atoms with van der Waals surface area (Å²) in [5, 5.41) is 0. The second-order valence-corrected chi connectivity index (χ2v) is 5.80. The summed E-state index contributed by atoms with van der Waals surface area (Å²) in [7, 11) is 0. The first-order chi connectivity index (χ1) is 9.09. The Hall–Kier alpha value is -0.960. The van der Waals surface area contributed by atoms with Gasteiger partial charge < -0.3 is 5.73 Å². The van der Waals surface area contributed by atoms with Gasteiger partial charge in [-0.2, -0.15) is 0 Å². The maximum atomic E-state index is 13.9. The summed E-state index contributed by atoms with van der Waals surface area (Å²) in [6.45, 7) is 1.57. The zero-order valence-electron chi connectivity index (χ0n) is 11.6. The van der Waals surface area contributed by atoms with Crippen LogP contribution in [0, 0.1) is 24.5 Å². The standard InChI is InChI=1S/C16H23F2N/c1-11-8-9-13(16(18)15(11)17)14(19)10-12-6-4-2-3-5-7-12/h8-9,12,14H,2-7,10,19H2,1H3. The van der Waals surface area contributed by atoms with E-state index < -0.39 is 17.7 Å². The van der Waals surface area contributed by atoms with Gasteiger partial charge in [-0.05, 0) is 24.8 Å². The molecule has 1 aliphatic rings. The Bertz CT molecular complexity index is 423. The molecule has 1 unspecified atom stereocenters. The van der Waals surface area contributed by atoms with Gasteiger partial charge in [0.05, 0.1) is 0 Å². The van der Waals surface area contributed by atoms with Crippen LogP contribution in [0.4, 0.5) is 8.78 Å². The van der Waals surface area contributed by atoms with E-state index in [0.717, 1.165) is 6.42 Å². The lowest BCUT2D eigenvalue weighted by Crippen LogP contribution is -2.17. The smallest absolute Gasteiger partial charge is 0.163 e. The topological polar surface area (TPSA) is 26.0 Å². The maximum absolute atomic E-state index is 13.9. The van der Waals surface area contributed by atoms with Crippen molar-refractivity contribution in [2.45, 2.75) is 57.9 Å². The van der Waals surface area contributed by atoms with Crippen LogP contribution >= 0.6 is 0 Å². The van der Waals surface area contributed by atoms with Crippen LogP contribution in [-0.4, -0.2) is 0 Å². The summed E-state index contributed by atoms with van der Waals surface area (Å²) in [6, 6.07) is 2.86. The van der Waals surface area contributed by atoms with E-state index in [9.17, 15) is 8.78 Å². The van der Waals surface area contributed by atoms with E-state index in [1.807, 2.05) is 0 Å². The maximum Gasteiger partial charge on any atom is 0.163 e. The third kappa shape index (κ3) is 3.53. The molecule has 1 aliphatic carbocycles. The van der Waals surface area contributed by atoms with Crippen LogP contribution in [0.5, 0.6) is 0 Å². The van der Waals surface area contributed by atoms with Gasteiger partial charge in [0.15, 0.2) is 11.6 Å². The lowest BCUT2D eigenvalue weighted by Gasteiger charge is -2.20. The minimum atomic E-state index is -0.763. The van der Waals surface area contributed by atoms with E-state index >= 15 is 0 Å². The molecule has 0 spiro atoms. The van der Waals surface area contributed by atoms with E-state index in [-0.39, 0.29) is 0 Å². The van der Waals surface area contributed by atoms with Crippen molar-refractivity contribution in [1.82, 2.24) is 0 Å². The molecule has 1 saturated carbocycles. The van der Waals surface area contributed by atoms with Crippen LogP contribution in [0.2, 0.25) is 0 Å². The van der Waals surface area contributed by atoms with E-state index in [1.54, 1.807) is 19.1 Å². The molecular formula is C16H23F2N. The lowest BCUT2D eigenvalue weighted by atomic mass is 9.89. The van der Waals surface area contributed by atoms with Crippen molar-refractivity contribution in [3.05, 3.63) is 34.9 Å². The van der Waals surface area contributed by atoms with Crippen molar-refractivity contribution in [3.8, 4) is 0 Å². The highest BCUT2D eigenvalue weighted by atomic mass is 19.2. The molecule has 3 heteroatoms. The zero-order valence-corrected chi connectivity index (χ0v) is 11.6. The molecule has 19 heavy (non-hydrogen) atoms. The molecule has 1 atom stereocenters. The fourth-order valence-electron chi connectivity index (χ4n) is 3.03. The highest BCUT2D eigenvalue weighted by molar-refractivity contribution is 5.27. The molecule has 0 aliphatic heterocycles. The molecule has 0 heterocycles. The highest BCUT2D eigenvalue weighted by Crippen LogP contribution is 2.31. The molecule has 1 aromatic carbocycles. The molecule has 2 N–H and O–H groups in total.